The van der Waals surface area contributed by atoms with Crippen LogP contribution in [0.15, 0.2) is 48.5 Å². The Balaban J connectivity index is 1.79. The van der Waals surface area contributed by atoms with Crippen LogP contribution in [-0.2, 0) is 32.1 Å². The molecule has 1 aromatic heterocycles. The number of carbonyl (C=O) groups is 2. The quantitative estimate of drug-likeness (QED) is 0.176. The molecular formula is C36H37F6N3O3. The zero-order chi connectivity index (χ0) is 35.6. The molecule has 48 heavy (non-hydrogen) atoms. The van der Waals surface area contributed by atoms with Gasteiger partial charge in [-0.15, -0.1) is 0 Å². The topological polar surface area (TPSA) is 83.3 Å². The summed E-state index contributed by atoms with van der Waals surface area (Å²) in [5.41, 5.74) is -2.85. The molecule has 1 saturated carbocycles. The standard InChI is InChI=1S/C36H37F6N3O3/c1-6-48-31(46)15-22-11-13-23(14-12-22)29-19-28(27-10-8-7-9-21(27)2)32(30(20-43)44-29)45(5)33(47)34(3,4)24-16-25(35(37,38)39)18-26(17-24)36(40,41)42/h7-10,16-19,22-23H,6,11-15H2,1-5H3. The molecule has 1 aliphatic carbocycles. The molecule has 0 atom stereocenters. The van der Waals surface area contributed by atoms with Crippen molar-refractivity contribution >= 4 is 17.6 Å². The number of halogens is 6. The molecule has 1 fully saturated rings. The first-order chi connectivity index (χ1) is 22.4. The molecule has 1 heterocycles. The lowest BCUT2D eigenvalue weighted by Gasteiger charge is -2.33. The number of pyridine rings is 1. The molecular weight excluding hydrogens is 636 g/mol. The Morgan fingerprint density at radius 2 is 1.48 bits per heavy atom. The Hall–Kier alpha value is -4.40. The van der Waals surface area contributed by atoms with Crippen molar-refractivity contribution in [2.45, 2.75) is 83.5 Å². The van der Waals surface area contributed by atoms with Crippen molar-refractivity contribution in [3.05, 3.63) is 82.2 Å². The average molecular weight is 674 g/mol. The van der Waals surface area contributed by atoms with Gasteiger partial charge >= 0.3 is 18.3 Å². The maximum Gasteiger partial charge on any atom is 0.416 e. The molecule has 256 valence electrons. The molecule has 4 rings (SSSR count). The fourth-order valence-electron chi connectivity index (χ4n) is 6.34. The van der Waals surface area contributed by atoms with Crippen LogP contribution in [0.25, 0.3) is 11.1 Å². The van der Waals surface area contributed by atoms with Crippen molar-refractivity contribution in [3.63, 3.8) is 0 Å². The van der Waals surface area contributed by atoms with Crippen molar-refractivity contribution in [2.24, 2.45) is 5.92 Å². The number of ether oxygens (including phenoxy) is 1. The highest BCUT2D eigenvalue weighted by molar-refractivity contribution is 6.04. The van der Waals surface area contributed by atoms with Crippen LogP contribution >= 0.6 is 0 Å². The average Bonchev–Trinajstić information content (AvgIpc) is 3.03. The predicted octanol–water partition coefficient (Wildman–Crippen LogP) is 9.13. The Bertz CT molecular complexity index is 1690. The normalized spacial score (nSPS) is 17.0. The smallest absolute Gasteiger partial charge is 0.416 e. The second-order valence-electron chi connectivity index (χ2n) is 12.7. The Labute approximate surface area is 275 Å². The maximum atomic E-state index is 14.2. The Morgan fingerprint density at radius 1 is 0.917 bits per heavy atom. The summed E-state index contributed by atoms with van der Waals surface area (Å²) in [5.74, 6) is -0.969. The van der Waals surface area contributed by atoms with Gasteiger partial charge in [0.1, 0.15) is 6.07 Å². The molecule has 0 unspecified atom stereocenters. The number of nitrogens with zero attached hydrogens (tertiary/aromatic N) is 3. The minimum absolute atomic E-state index is 0.0187. The summed E-state index contributed by atoms with van der Waals surface area (Å²) in [7, 11) is 1.34. The monoisotopic (exact) mass is 673 g/mol. The van der Waals surface area contributed by atoms with Crippen molar-refractivity contribution in [2.75, 3.05) is 18.6 Å². The number of alkyl halides is 6. The number of nitriles is 1. The zero-order valence-corrected chi connectivity index (χ0v) is 27.4. The second kappa shape index (κ2) is 14.0. The maximum absolute atomic E-state index is 14.2. The largest absolute Gasteiger partial charge is 0.466 e. The van der Waals surface area contributed by atoms with E-state index in [1.54, 1.807) is 25.1 Å². The number of amides is 1. The van der Waals surface area contributed by atoms with E-state index in [0.717, 1.165) is 23.3 Å². The first kappa shape index (κ1) is 36.4. The third-order valence-corrected chi connectivity index (χ3v) is 9.06. The summed E-state index contributed by atoms with van der Waals surface area (Å²) in [6.07, 6.45) is -6.96. The van der Waals surface area contributed by atoms with Gasteiger partial charge in [0.05, 0.1) is 28.8 Å². The van der Waals surface area contributed by atoms with Crippen LogP contribution in [0.3, 0.4) is 0 Å². The highest BCUT2D eigenvalue weighted by atomic mass is 19.4. The van der Waals surface area contributed by atoms with Gasteiger partial charge in [-0.2, -0.15) is 31.6 Å². The van der Waals surface area contributed by atoms with E-state index >= 15 is 0 Å². The molecule has 12 heteroatoms. The highest BCUT2D eigenvalue weighted by Gasteiger charge is 2.42. The van der Waals surface area contributed by atoms with Crippen molar-refractivity contribution < 1.29 is 40.7 Å². The summed E-state index contributed by atoms with van der Waals surface area (Å²) in [4.78, 5) is 31.9. The van der Waals surface area contributed by atoms with Crippen molar-refractivity contribution in [1.29, 1.82) is 5.26 Å². The summed E-state index contributed by atoms with van der Waals surface area (Å²) >= 11 is 0. The lowest BCUT2D eigenvalue weighted by Crippen LogP contribution is -2.42. The lowest BCUT2D eigenvalue weighted by molar-refractivity contribution is -0.145. The summed E-state index contributed by atoms with van der Waals surface area (Å²) in [6, 6.07) is 12.3. The van der Waals surface area contributed by atoms with Crippen LogP contribution in [0.1, 0.15) is 92.4 Å². The van der Waals surface area contributed by atoms with E-state index < -0.39 is 40.4 Å². The van der Waals surface area contributed by atoms with Crippen LogP contribution in [0.4, 0.5) is 32.0 Å². The summed E-state index contributed by atoms with van der Waals surface area (Å²) in [6.45, 7) is 6.41. The molecule has 0 aliphatic heterocycles. The van der Waals surface area contributed by atoms with Gasteiger partial charge in [-0.1, -0.05) is 24.3 Å². The number of hydrogen-bond donors (Lipinski definition) is 0. The molecule has 0 bridgehead atoms. The van der Waals surface area contributed by atoms with E-state index in [9.17, 15) is 41.2 Å². The first-order valence-electron chi connectivity index (χ1n) is 15.6. The zero-order valence-electron chi connectivity index (χ0n) is 27.4. The van der Waals surface area contributed by atoms with E-state index in [4.69, 9.17) is 4.74 Å². The van der Waals surface area contributed by atoms with E-state index in [1.807, 2.05) is 19.1 Å². The minimum Gasteiger partial charge on any atom is -0.466 e. The fraction of sp³-hybridized carbons (Fsp3) is 0.444. The molecule has 0 spiro atoms. The van der Waals surface area contributed by atoms with Crippen molar-refractivity contribution in [1.82, 2.24) is 4.98 Å². The van der Waals surface area contributed by atoms with Crippen molar-refractivity contribution in [3.8, 4) is 17.2 Å². The molecule has 0 N–H and O–H groups in total. The molecule has 1 amide bonds. The van der Waals surface area contributed by atoms with E-state index in [0.29, 0.717) is 54.8 Å². The van der Waals surface area contributed by atoms with Gasteiger partial charge in [0, 0.05) is 30.6 Å². The summed E-state index contributed by atoms with van der Waals surface area (Å²) < 4.78 is 87.3. The van der Waals surface area contributed by atoms with Gasteiger partial charge in [-0.25, -0.2) is 4.98 Å². The predicted molar refractivity (Wildman–Crippen MR) is 168 cm³/mol. The number of hydrogen-bond acceptors (Lipinski definition) is 5. The van der Waals surface area contributed by atoms with Gasteiger partial charge < -0.3 is 9.64 Å². The van der Waals surface area contributed by atoms with Crippen LogP contribution in [0, 0.1) is 24.2 Å². The number of likely N-dealkylation sites (N-methyl/N-ethyl adjacent to an activating group) is 1. The molecule has 3 aromatic rings. The SMILES string of the molecule is CCOC(=O)CC1CCC(c2cc(-c3ccccc3C)c(N(C)C(=O)C(C)(C)c3cc(C(F)(F)F)cc(C(F)(F)F)c3)c(C#N)n2)CC1. The van der Waals surface area contributed by atoms with Gasteiger partial charge in [-0.05, 0) is 100 Å². The number of benzene rings is 2. The van der Waals surface area contributed by atoms with Gasteiger partial charge in [0.25, 0.3) is 0 Å². The Morgan fingerprint density at radius 3 is 2.00 bits per heavy atom. The van der Waals surface area contributed by atoms with Crippen LogP contribution in [0.5, 0.6) is 0 Å². The molecule has 2 aromatic carbocycles. The van der Waals surface area contributed by atoms with Gasteiger partial charge in [-0.3, -0.25) is 9.59 Å². The van der Waals surface area contributed by atoms with Crippen LogP contribution in [-0.4, -0.2) is 30.5 Å². The van der Waals surface area contributed by atoms with Gasteiger partial charge in [0.2, 0.25) is 5.91 Å². The highest BCUT2D eigenvalue weighted by Crippen LogP contribution is 2.44. The van der Waals surface area contributed by atoms with Crippen LogP contribution < -0.4 is 4.90 Å². The van der Waals surface area contributed by atoms with Crippen LogP contribution in [0.2, 0.25) is 0 Å². The number of aryl methyl sites for hydroxylation is 1. The van der Waals surface area contributed by atoms with E-state index in [-0.39, 0.29) is 35.3 Å². The van der Waals surface area contributed by atoms with E-state index in [1.165, 1.54) is 20.9 Å². The van der Waals surface area contributed by atoms with Gasteiger partial charge in [0.15, 0.2) is 5.69 Å². The number of carbonyl (C=O) groups excluding carboxylic acids is 2. The number of aromatic nitrogens is 1. The molecule has 1 aliphatic rings. The lowest BCUT2D eigenvalue weighted by atomic mass is 9.78. The minimum atomic E-state index is -5.09. The molecule has 0 saturated heterocycles. The molecule has 6 nitrogen and oxygen atoms in total. The molecule has 0 radical (unpaired) electrons. The third-order valence-electron chi connectivity index (χ3n) is 9.06. The first-order valence-corrected chi connectivity index (χ1v) is 15.6. The number of rotatable bonds is 8. The fourth-order valence-corrected chi connectivity index (χ4v) is 6.34. The summed E-state index contributed by atoms with van der Waals surface area (Å²) in [5, 5.41) is 10.3. The second-order valence-corrected chi connectivity index (χ2v) is 12.7. The number of esters is 1. The number of anilines is 1. The van der Waals surface area contributed by atoms with E-state index in [2.05, 4.69) is 11.1 Å². The Kier molecular flexibility index (Phi) is 10.6. The third kappa shape index (κ3) is 7.83.